The highest BCUT2D eigenvalue weighted by molar-refractivity contribution is 7.89. The summed E-state index contributed by atoms with van der Waals surface area (Å²) in [5.74, 6) is 0.475. The fourth-order valence-corrected chi connectivity index (χ4v) is 3.28. The normalized spacial score (nSPS) is 20.4. The van der Waals surface area contributed by atoms with Gasteiger partial charge >= 0.3 is 0 Å². The van der Waals surface area contributed by atoms with Crippen LogP contribution >= 0.6 is 0 Å². The lowest BCUT2D eigenvalue weighted by Gasteiger charge is -2.09. The second kappa shape index (κ2) is 5.38. The summed E-state index contributed by atoms with van der Waals surface area (Å²) >= 11 is 0. The number of nitrogens with one attached hydrogen (secondary N) is 1. The number of hydrogen-bond donors (Lipinski definition) is 1. The third-order valence-corrected chi connectivity index (χ3v) is 4.91. The van der Waals surface area contributed by atoms with Gasteiger partial charge in [0.15, 0.2) is 0 Å². The van der Waals surface area contributed by atoms with E-state index < -0.39 is 10.0 Å². The Bertz CT molecular complexity index is 504. The van der Waals surface area contributed by atoms with E-state index in [-0.39, 0.29) is 4.90 Å². The summed E-state index contributed by atoms with van der Waals surface area (Å²) in [6, 6.07) is 0. The van der Waals surface area contributed by atoms with E-state index in [1.54, 1.807) is 18.7 Å². The summed E-state index contributed by atoms with van der Waals surface area (Å²) in [6.45, 7) is 3.73. The maximum atomic E-state index is 12.0. The molecule has 0 saturated carbocycles. The Morgan fingerprint density at radius 2 is 2.39 bits per heavy atom. The van der Waals surface area contributed by atoms with E-state index in [2.05, 4.69) is 9.82 Å². The van der Waals surface area contributed by atoms with E-state index in [0.717, 1.165) is 26.1 Å². The monoisotopic (exact) mass is 273 g/mol. The SMILES string of the molecule is Cc1c(S(=O)(=O)NCCC2CCOC2)cnn1C. The fraction of sp³-hybridized carbons (Fsp3) is 0.727. The van der Waals surface area contributed by atoms with Gasteiger partial charge in [0, 0.05) is 26.8 Å². The number of hydrogen-bond acceptors (Lipinski definition) is 4. The highest BCUT2D eigenvalue weighted by Crippen LogP contribution is 2.17. The quantitative estimate of drug-likeness (QED) is 0.844. The molecular weight excluding hydrogens is 254 g/mol. The molecule has 102 valence electrons. The molecule has 0 spiro atoms. The van der Waals surface area contributed by atoms with E-state index >= 15 is 0 Å². The number of rotatable bonds is 5. The summed E-state index contributed by atoms with van der Waals surface area (Å²) in [7, 11) is -1.71. The Hall–Kier alpha value is -0.920. The fourth-order valence-electron chi connectivity index (χ4n) is 2.03. The van der Waals surface area contributed by atoms with Crippen molar-refractivity contribution in [1.29, 1.82) is 0 Å². The van der Waals surface area contributed by atoms with Gasteiger partial charge in [-0.3, -0.25) is 4.68 Å². The third-order valence-electron chi connectivity index (χ3n) is 3.35. The second-order valence-electron chi connectivity index (χ2n) is 4.63. The zero-order valence-electron chi connectivity index (χ0n) is 10.7. The molecule has 1 atom stereocenters. The molecule has 7 heteroatoms. The molecule has 1 saturated heterocycles. The lowest BCUT2D eigenvalue weighted by Crippen LogP contribution is -2.26. The van der Waals surface area contributed by atoms with Gasteiger partial charge in [0.05, 0.1) is 11.9 Å². The molecule has 6 nitrogen and oxygen atoms in total. The Kier molecular flexibility index (Phi) is 4.04. The van der Waals surface area contributed by atoms with E-state index in [1.807, 2.05) is 0 Å². The lowest BCUT2D eigenvalue weighted by atomic mass is 10.1. The van der Waals surface area contributed by atoms with Gasteiger partial charge in [0.2, 0.25) is 10.0 Å². The standard InChI is InChI=1S/C11H19N3O3S/c1-9-11(7-12-14(9)2)18(15,16)13-5-3-10-4-6-17-8-10/h7,10,13H,3-6,8H2,1-2H3. The third kappa shape index (κ3) is 2.90. The first-order chi connectivity index (χ1) is 8.50. The van der Waals surface area contributed by atoms with Crippen molar-refractivity contribution >= 4 is 10.0 Å². The molecule has 0 bridgehead atoms. The number of sulfonamides is 1. The van der Waals surface area contributed by atoms with Gasteiger partial charge in [-0.25, -0.2) is 13.1 Å². The molecule has 1 aliphatic heterocycles. The Morgan fingerprint density at radius 1 is 1.61 bits per heavy atom. The largest absolute Gasteiger partial charge is 0.381 e. The predicted octanol–water partition coefficient (Wildman–Crippen LogP) is 0.433. The van der Waals surface area contributed by atoms with Gasteiger partial charge in [-0.15, -0.1) is 0 Å². The van der Waals surface area contributed by atoms with Crippen molar-refractivity contribution in [2.75, 3.05) is 19.8 Å². The topological polar surface area (TPSA) is 73.2 Å². The molecule has 2 heterocycles. The van der Waals surface area contributed by atoms with Gasteiger partial charge in [-0.2, -0.15) is 5.10 Å². The van der Waals surface area contributed by atoms with E-state index in [9.17, 15) is 8.42 Å². The highest BCUT2D eigenvalue weighted by atomic mass is 32.2. The first-order valence-electron chi connectivity index (χ1n) is 6.06. The Balaban J connectivity index is 1.93. The molecule has 1 aliphatic rings. The van der Waals surface area contributed by atoms with Crippen LogP contribution in [0.5, 0.6) is 0 Å². The zero-order chi connectivity index (χ0) is 13.2. The average Bonchev–Trinajstić information content (AvgIpc) is 2.91. The molecule has 2 rings (SSSR count). The van der Waals surface area contributed by atoms with Crippen LogP contribution in [0, 0.1) is 12.8 Å². The maximum absolute atomic E-state index is 12.0. The molecule has 0 aliphatic carbocycles. The smallest absolute Gasteiger partial charge is 0.243 e. The first-order valence-corrected chi connectivity index (χ1v) is 7.55. The molecular formula is C11H19N3O3S. The minimum Gasteiger partial charge on any atom is -0.381 e. The van der Waals surface area contributed by atoms with Crippen molar-refractivity contribution in [1.82, 2.24) is 14.5 Å². The van der Waals surface area contributed by atoms with Crippen molar-refractivity contribution in [2.45, 2.75) is 24.7 Å². The first kappa shape index (κ1) is 13.5. The molecule has 1 unspecified atom stereocenters. The molecule has 1 aromatic rings. The van der Waals surface area contributed by atoms with Crippen molar-refractivity contribution in [2.24, 2.45) is 13.0 Å². The summed E-state index contributed by atoms with van der Waals surface area (Å²) in [5.41, 5.74) is 0.645. The second-order valence-corrected chi connectivity index (χ2v) is 6.37. The summed E-state index contributed by atoms with van der Waals surface area (Å²) in [6.07, 6.45) is 3.22. The summed E-state index contributed by atoms with van der Waals surface area (Å²) in [5, 5.41) is 3.95. The van der Waals surface area contributed by atoms with Crippen LogP contribution in [0.25, 0.3) is 0 Å². The van der Waals surface area contributed by atoms with E-state index in [0.29, 0.717) is 18.2 Å². The molecule has 18 heavy (non-hydrogen) atoms. The number of ether oxygens (including phenoxy) is 1. The van der Waals surface area contributed by atoms with Crippen LogP contribution in [0.4, 0.5) is 0 Å². The molecule has 1 N–H and O–H groups in total. The average molecular weight is 273 g/mol. The van der Waals surface area contributed by atoms with Crippen molar-refractivity contribution in [3.63, 3.8) is 0 Å². The molecule has 0 aromatic carbocycles. The Labute approximate surface area is 107 Å². The number of aromatic nitrogens is 2. The van der Waals surface area contributed by atoms with Crippen LogP contribution in [0.2, 0.25) is 0 Å². The molecule has 0 radical (unpaired) electrons. The highest BCUT2D eigenvalue weighted by Gasteiger charge is 2.21. The Morgan fingerprint density at radius 3 is 2.94 bits per heavy atom. The van der Waals surface area contributed by atoms with Gasteiger partial charge in [-0.1, -0.05) is 0 Å². The zero-order valence-corrected chi connectivity index (χ0v) is 11.5. The molecule has 0 amide bonds. The van der Waals surface area contributed by atoms with Crippen LogP contribution < -0.4 is 4.72 Å². The summed E-state index contributed by atoms with van der Waals surface area (Å²) in [4.78, 5) is 0.257. The van der Waals surface area contributed by atoms with E-state index in [1.165, 1.54) is 6.20 Å². The number of nitrogens with zero attached hydrogens (tertiary/aromatic N) is 2. The molecule has 1 fully saturated rings. The van der Waals surface area contributed by atoms with Gasteiger partial charge in [0.1, 0.15) is 4.90 Å². The summed E-state index contributed by atoms with van der Waals surface area (Å²) < 4.78 is 33.5. The van der Waals surface area contributed by atoms with Crippen LogP contribution in [-0.4, -0.2) is 38.0 Å². The minimum absolute atomic E-state index is 0.257. The minimum atomic E-state index is -3.44. The van der Waals surface area contributed by atoms with Crippen molar-refractivity contribution in [3.8, 4) is 0 Å². The predicted molar refractivity (Wildman–Crippen MR) is 66.7 cm³/mol. The van der Waals surface area contributed by atoms with Crippen LogP contribution in [0.15, 0.2) is 11.1 Å². The maximum Gasteiger partial charge on any atom is 0.243 e. The van der Waals surface area contributed by atoms with Crippen LogP contribution in [-0.2, 0) is 21.8 Å². The van der Waals surface area contributed by atoms with Gasteiger partial charge in [0.25, 0.3) is 0 Å². The molecule has 1 aromatic heterocycles. The van der Waals surface area contributed by atoms with Gasteiger partial charge in [-0.05, 0) is 25.7 Å². The van der Waals surface area contributed by atoms with Crippen molar-refractivity contribution in [3.05, 3.63) is 11.9 Å². The van der Waals surface area contributed by atoms with Crippen LogP contribution in [0.1, 0.15) is 18.5 Å². The number of aryl methyl sites for hydroxylation is 1. The van der Waals surface area contributed by atoms with Crippen molar-refractivity contribution < 1.29 is 13.2 Å². The lowest BCUT2D eigenvalue weighted by molar-refractivity contribution is 0.184. The van der Waals surface area contributed by atoms with Gasteiger partial charge < -0.3 is 4.74 Å². The van der Waals surface area contributed by atoms with Crippen LogP contribution in [0.3, 0.4) is 0 Å². The van der Waals surface area contributed by atoms with E-state index in [4.69, 9.17) is 4.74 Å².